The highest BCUT2D eigenvalue weighted by molar-refractivity contribution is 5.72. The van der Waals surface area contributed by atoms with E-state index < -0.39 is 12.1 Å². The molecule has 3 rings (SSSR count). The molecule has 2 atom stereocenters. The monoisotopic (exact) mass is 269 g/mol. The molecule has 108 valence electrons. The van der Waals surface area contributed by atoms with Crippen LogP contribution in [0.15, 0.2) is 0 Å². The molecule has 0 aromatic carbocycles. The maximum Gasteiger partial charge on any atom is 0.334 e. The van der Waals surface area contributed by atoms with E-state index in [1.165, 1.54) is 32.1 Å². The van der Waals surface area contributed by atoms with Crippen molar-refractivity contribution in [2.45, 2.75) is 56.3 Å². The first-order chi connectivity index (χ1) is 9.17. The lowest BCUT2D eigenvalue weighted by Crippen LogP contribution is -2.48. The van der Waals surface area contributed by atoms with Gasteiger partial charge in [0.25, 0.3) is 0 Å². The highest BCUT2D eigenvalue weighted by Crippen LogP contribution is 2.43. The summed E-state index contributed by atoms with van der Waals surface area (Å²) in [7, 11) is 0. The zero-order chi connectivity index (χ0) is 13.3. The molecule has 5 heteroatoms. The summed E-state index contributed by atoms with van der Waals surface area (Å²) < 4.78 is 11.5. The molecule has 2 aliphatic heterocycles. The Morgan fingerprint density at radius 3 is 2.84 bits per heavy atom. The lowest BCUT2D eigenvalue weighted by atomic mass is 9.98. The number of rotatable bonds is 3. The summed E-state index contributed by atoms with van der Waals surface area (Å²) in [4.78, 5) is 13.1. The van der Waals surface area contributed by atoms with Gasteiger partial charge in [0.1, 0.15) is 0 Å². The second-order valence-corrected chi connectivity index (χ2v) is 6.13. The summed E-state index contributed by atoms with van der Waals surface area (Å²) in [6.07, 6.45) is 6.94. The lowest BCUT2D eigenvalue weighted by molar-refractivity contribution is -0.157. The van der Waals surface area contributed by atoms with E-state index in [2.05, 4.69) is 4.90 Å². The largest absolute Gasteiger partial charge is 0.479 e. The number of carboxylic acid groups (broad SMARTS) is 1. The van der Waals surface area contributed by atoms with Crippen LogP contribution in [0.3, 0.4) is 0 Å². The van der Waals surface area contributed by atoms with Crippen molar-refractivity contribution < 1.29 is 19.4 Å². The number of hydrogen-bond donors (Lipinski definition) is 1. The van der Waals surface area contributed by atoms with E-state index in [0.717, 1.165) is 19.5 Å². The van der Waals surface area contributed by atoms with Gasteiger partial charge in [0.05, 0.1) is 18.3 Å². The Morgan fingerprint density at radius 1 is 1.32 bits per heavy atom. The van der Waals surface area contributed by atoms with Gasteiger partial charge < -0.3 is 14.6 Å². The van der Waals surface area contributed by atoms with Crippen LogP contribution in [-0.2, 0) is 14.3 Å². The van der Waals surface area contributed by atoms with Crippen molar-refractivity contribution in [3.8, 4) is 0 Å². The quantitative estimate of drug-likeness (QED) is 0.836. The summed E-state index contributed by atoms with van der Waals surface area (Å²) in [5, 5.41) is 9.00. The van der Waals surface area contributed by atoms with Crippen molar-refractivity contribution in [2.24, 2.45) is 0 Å². The third-order valence-electron chi connectivity index (χ3n) is 4.74. The van der Waals surface area contributed by atoms with Gasteiger partial charge in [0.2, 0.25) is 0 Å². The molecule has 3 aliphatic rings. The Balaban J connectivity index is 1.50. The van der Waals surface area contributed by atoms with Gasteiger partial charge >= 0.3 is 5.97 Å². The molecule has 0 bridgehead atoms. The SMILES string of the molecule is O=C(O)C1CN(CC2CCC3(CCCC3)O2)CCO1. The van der Waals surface area contributed by atoms with Gasteiger partial charge in [0.15, 0.2) is 6.10 Å². The highest BCUT2D eigenvalue weighted by Gasteiger charge is 2.42. The number of ether oxygens (including phenoxy) is 2. The number of nitrogens with zero attached hydrogens (tertiary/aromatic N) is 1. The van der Waals surface area contributed by atoms with Crippen molar-refractivity contribution in [3.05, 3.63) is 0 Å². The summed E-state index contributed by atoms with van der Waals surface area (Å²) in [5.74, 6) is -0.857. The standard InChI is InChI=1S/C14H23NO4/c16-13(17)12-10-15(7-8-18-12)9-11-3-6-14(19-11)4-1-2-5-14/h11-12H,1-10H2,(H,16,17). The minimum Gasteiger partial charge on any atom is -0.479 e. The molecule has 1 saturated carbocycles. The van der Waals surface area contributed by atoms with Crippen molar-refractivity contribution in [3.63, 3.8) is 0 Å². The van der Waals surface area contributed by atoms with Gasteiger partial charge in [0, 0.05) is 19.6 Å². The molecule has 3 fully saturated rings. The normalized spacial score (nSPS) is 34.9. The third-order valence-corrected chi connectivity index (χ3v) is 4.74. The number of carbonyl (C=O) groups is 1. The maximum absolute atomic E-state index is 11.0. The van der Waals surface area contributed by atoms with Gasteiger partial charge in [-0.2, -0.15) is 0 Å². The molecule has 1 N–H and O–H groups in total. The van der Waals surface area contributed by atoms with Crippen LogP contribution < -0.4 is 0 Å². The van der Waals surface area contributed by atoms with Gasteiger partial charge in [-0.1, -0.05) is 12.8 Å². The average Bonchev–Trinajstić information content (AvgIpc) is 3.01. The van der Waals surface area contributed by atoms with Crippen LogP contribution in [0.25, 0.3) is 0 Å². The Labute approximate surface area is 113 Å². The van der Waals surface area contributed by atoms with E-state index in [0.29, 0.717) is 13.2 Å². The molecule has 2 saturated heterocycles. The Bertz CT molecular complexity index is 340. The highest BCUT2D eigenvalue weighted by atomic mass is 16.5. The summed E-state index contributed by atoms with van der Waals surface area (Å²) >= 11 is 0. The molecule has 0 aromatic rings. The molecule has 0 radical (unpaired) electrons. The topological polar surface area (TPSA) is 59.0 Å². The Morgan fingerprint density at radius 2 is 2.11 bits per heavy atom. The average molecular weight is 269 g/mol. The van der Waals surface area contributed by atoms with Crippen LogP contribution in [0.4, 0.5) is 0 Å². The Kier molecular flexibility index (Phi) is 3.78. The minimum atomic E-state index is -0.857. The third kappa shape index (κ3) is 2.93. The van der Waals surface area contributed by atoms with E-state index in [-0.39, 0.29) is 11.7 Å². The molecule has 1 spiro atoms. The number of carboxylic acids is 1. The molecular formula is C14H23NO4. The molecule has 0 aromatic heterocycles. The molecule has 2 unspecified atom stereocenters. The number of hydrogen-bond acceptors (Lipinski definition) is 4. The van der Waals surface area contributed by atoms with Crippen LogP contribution in [-0.4, -0.2) is 60.0 Å². The maximum atomic E-state index is 11.0. The van der Waals surface area contributed by atoms with E-state index in [1.807, 2.05) is 0 Å². The summed E-state index contributed by atoms with van der Waals surface area (Å²) in [5.41, 5.74) is 0.170. The predicted molar refractivity (Wildman–Crippen MR) is 69.1 cm³/mol. The minimum absolute atomic E-state index is 0.170. The van der Waals surface area contributed by atoms with E-state index in [1.54, 1.807) is 0 Å². The second kappa shape index (κ2) is 5.38. The fourth-order valence-corrected chi connectivity index (χ4v) is 3.72. The number of aliphatic carboxylic acids is 1. The molecular weight excluding hydrogens is 246 g/mol. The van der Waals surface area contributed by atoms with Crippen LogP contribution in [0, 0.1) is 0 Å². The summed E-state index contributed by atoms with van der Waals surface area (Å²) in [6.45, 7) is 2.67. The van der Waals surface area contributed by atoms with Gasteiger partial charge in [-0.3, -0.25) is 4.90 Å². The van der Waals surface area contributed by atoms with Crippen LogP contribution >= 0.6 is 0 Å². The first kappa shape index (κ1) is 13.3. The van der Waals surface area contributed by atoms with Crippen molar-refractivity contribution in [1.82, 2.24) is 4.90 Å². The van der Waals surface area contributed by atoms with Gasteiger partial charge in [-0.05, 0) is 25.7 Å². The molecule has 19 heavy (non-hydrogen) atoms. The molecule has 0 amide bonds. The fourth-order valence-electron chi connectivity index (χ4n) is 3.72. The lowest BCUT2D eigenvalue weighted by Gasteiger charge is -2.33. The van der Waals surface area contributed by atoms with E-state index in [9.17, 15) is 4.79 Å². The van der Waals surface area contributed by atoms with Gasteiger partial charge in [-0.25, -0.2) is 4.79 Å². The first-order valence-electron chi connectivity index (χ1n) is 7.41. The van der Waals surface area contributed by atoms with Crippen molar-refractivity contribution in [2.75, 3.05) is 26.2 Å². The first-order valence-corrected chi connectivity index (χ1v) is 7.41. The number of morpholine rings is 1. The fraction of sp³-hybridized carbons (Fsp3) is 0.929. The molecule has 1 aliphatic carbocycles. The Hall–Kier alpha value is -0.650. The van der Waals surface area contributed by atoms with Crippen molar-refractivity contribution in [1.29, 1.82) is 0 Å². The van der Waals surface area contributed by atoms with Crippen LogP contribution in [0.2, 0.25) is 0 Å². The van der Waals surface area contributed by atoms with Crippen LogP contribution in [0.1, 0.15) is 38.5 Å². The smallest absolute Gasteiger partial charge is 0.334 e. The zero-order valence-electron chi connectivity index (χ0n) is 11.3. The molecule has 5 nitrogen and oxygen atoms in total. The van der Waals surface area contributed by atoms with Crippen molar-refractivity contribution >= 4 is 5.97 Å². The van der Waals surface area contributed by atoms with Gasteiger partial charge in [-0.15, -0.1) is 0 Å². The van der Waals surface area contributed by atoms with E-state index in [4.69, 9.17) is 14.6 Å². The predicted octanol–water partition coefficient (Wildman–Crippen LogP) is 1.26. The summed E-state index contributed by atoms with van der Waals surface area (Å²) in [6, 6.07) is 0. The zero-order valence-corrected chi connectivity index (χ0v) is 11.3. The van der Waals surface area contributed by atoms with E-state index >= 15 is 0 Å². The molecule has 2 heterocycles. The second-order valence-electron chi connectivity index (χ2n) is 6.13. The van der Waals surface area contributed by atoms with Crippen LogP contribution in [0.5, 0.6) is 0 Å².